The van der Waals surface area contributed by atoms with Crippen LogP contribution in [0.5, 0.6) is 0 Å². The molecule has 0 bridgehead atoms. The Balaban J connectivity index is 2.12. The molecule has 1 heterocycles. The SMILES string of the molecule is O=c1oc(-c2ccc(C(F)(F)F)cc2)nc2cc(Cl)ccc12. The minimum Gasteiger partial charge on any atom is -0.403 e. The maximum atomic E-state index is 12.5. The average Bonchev–Trinajstić information content (AvgIpc) is 2.46. The van der Waals surface area contributed by atoms with Crippen molar-refractivity contribution < 1.29 is 17.6 Å². The maximum absolute atomic E-state index is 12.5. The molecule has 0 aliphatic carbocycles. The van der Waals surface area contributed by atoms with Crippen LogP contribution in [0, 0.1) is 0 Å². The van der Waals surface area contributed by atoms with Crippen molar-refractivity contribution in [2.45, 2.75) is 6.18 Å². The van der Waals surface area contributed by atoms with Crippen LogP contribution in [0.25, 0.3) is 22.4 Å². The van der Waals surface area contributed by atoms with Crippen LogP contribution in [0.1, 0.15) is 5.56 Å². The first-order valence-corrected chi connectivity index (χ1v) is 6.50. The topological polar surface area (TPSA) is 43.1 Å². The van der Waals surface area contributed by atoms with Gasteiger partial charge in [0.05, 0.1) is 16.5 Å². The highest BCUT2D eigenvalue weighted by Gasteiger charge is 2.30. The van der Waals surface area contributed by atoms with Gasteiger partial charge in [0.1, 0.15) is 0 Å². The highest BCUT2D eigenvalue weighted by molar-refractivity contribution is 6.31. The fraction of sp³-hybridized carbons (Fsp3) is 0.0667. The summed E-state index contributed by atoms with van der Waals surface area (Å²) in [7, 11) is 0. The molecule has 0 aliphatic heterocycles. The van der Waals surface area contributed by atoms with E-state index in [0.29, 0.717) is 10.5 Å². The normalized spacial score (nSPS) is 11.8. The minimum atomic E-state index is -4.43. The van der Waals surface area contributed by atoms with Gasteiger partial charge in [0.15, 0.2) is 0 Å². The van der Waals surface area contributed by atoms with Crippen molar-refractivity contribution in [3.8, 4) is 11.5 Å². The van der Waals surface area contributed by atoms with Crippen molar-refractivity contribution in [2.75, 3.05) is 0 Å². The van der Waals surface area contributed by atoms with Gasteiger partial charge in [0, 0.05) is 10.6 Å². The van der Waals surface area contributed by atoms with Crippen LogP contribution < -0.4 is 5.63 Å². The van der Waals surface area contributed by atoms with Gasteiger partial charge < -0.3 is 4.42 Å². The zero-order valence-electron chi connectivity index (χ0n) is 10.8. The fourth-order valence-electron chi connectivity index (χ4n) is 1.97. The quantitative estimate of drug-likeness (QED) is 0.660. The molecule has 2 aromatic carbocycles. The average molecular weight is 326 g/mol. The molecule has 112 valence electrons. The largest absolute Gasteiger partial charge is 0.416 e. The van der Waals surface area contributed by atoms with E-state index in [1.807, 2.05) is 0 Å². The molecule has 3 rings (SSSR count). The molecule has 0 radical (unpaired) electrons. The van der Waals surface area contributed by atoms with Gasteiger partial charge in [-0.2, -0.15) is 13.2 Å². The van der Waals surface area contributed by atoms with Gasteiger partial charge in [-0.25, -0.2) is 9.78 Å². The van der Waals surface area contributed by atoms with Gasteiger partial charge >= 0.3 is 11.8 Å². The summed E-state index contributed by atoms with van der Waals surface area (Å²) in [5.41, 5.74) is -0.829. The van der Waals surface area contributed by atoms with Crippen molar-refractivity contribution in [1.82, 2.24) is 4.98 Å². The molecular weight excluding hydrogens is 319 g/mol. The van der Waals surface area contributed by atoms with Gasteiger partial charge in [-0.15, -0.1) is 0 Å². The first-order valence-electron chi connectivity index (χ1n) is 6.12. The Morgan fingerprint density at radius 3 is 2.36 bits per heavy atom. The molecule has 7 heteroatoms. The van der Waals surface area contributed by atoms with Gasteiger partial charge in [-0.05, 0) is 42.5 Å². The van der Waals surface area contributed by atoms with E-state index in [9.17, 15) is 18.0 Å². The van der Waals surface area contributed by atoms with E-state index in [-0.39, 0.29) is 16.8 Å². The molecule has 0 saturated heterocycles. The van der Waals surface area contributed by atoms with Crippen LogP contribution >= 0.6 is 11.6 Å². The number of aromatic nitrogens is 1. The Morgan fingerprint density at radius 2 is 1.73 bits per heavy atom. The number of alkyl halides is 3. The van der Waals surface area contributed by atoms with E-state index in [1.54, 1.807) is 0 Å². The van der Waals surface area contributed by atoms with Crippen molar-refractivity contribution in [1.29, 1.82) is 0 Å². The Kier molecular flexibility index (Phi) is 3.41. The number of hydrogen-bond acceptors (Lipinski definition) is 3. The Bertz CT molecular complexity index is 901. The summed E-state index contributed by atoms with van der Waals surface area (Å²) in [5, 5.41) is 0.643. The molecule has 0 atom stereocenters. The lowest BCUT2D eigenvalue weighted by molar-refractivity contribution is -0.137. The van der Waals surface area contributed by atoms with Crippen molar-refractivity contribution in [3.63, 3.8) is 0 Å². The van der Waals surface area contributed by atoms with Crippen molar-refractivity contribution >= 4 is 22.5 Å². The smallest absolute Gasteiger partial charge is 0.403 e. The summed E-state index contributed by atoms with van der Waals surface area (Å²) in [6.45, 7) is 0. The van der Waals surface area contributed by atoms with Crippen LogP contribution in [-0.4, -0.2) is 4.98 Å². The number of benzene rings is 2. The van der Waals surface area contributed by atoms with E-state index in [4.69, 9.17) is 16.0 Å². The van der Waals surface area contributed by atoms with Gasteiger partial charge in [0.25, 0.3) is 0 Å². The second kappa shape index (κ2) is 5.14. The first kappa shape index (κ1) is 14.6. The molecule has 0 N–H and O–H groups in total. The number of hydrogen-bond donors (Lipinski definition) is 0. The lowest BCUT2D eigenvalue weighted by atomic mass is 10.1. The molecule has 1 aromatic heterocycles. The van der Waals surface area contributed by atoms with Crippen LogP contribution in [0.4, 0.5) is 13.2 Å². The molecular formula is C15H7ClF3NO2. The molecule has 3 aromatic rings. The lowest BCUT2D eigenvalue weighted by Crippen LogP contribution is -2.05. The third-order valence-corrected chi connectivity index (χ3v) is 3.29. The van der Waals surface area contributed by atoms with Crippen LogP contribution in [-0.2, 0) is 6.18 Å². The highest BCUT2D eigenvalue weighted by atomic mass is 35.5. The molecule has 0 aliphatic rings. The number of nitrogens with zero attached hydrogens (tertiary/aromatic N) is 1. The summed E-state index contributed by atoms with van der Waals surface area (Å²) in [4.78, 5) is 16.0. The number of fused-ring (bicyclic) bond motifs is 1. The molecule has 0 spiro atoms. The van der Waals surface area contributed by atoms with Gasteiger partial charge in [-0.3, -0.25) is 0 Å². The van der Waals surface area contributed by atoms with Gasteiger partial charge in [-0.1, -0.05) is 11.6 Å². The second-order valence-electron chi connectivity index (χ2n) is 4.54. The van der Waals surface area contributed by atoms with E-state index in [1.165, 1.54) is 30.3 Å². The first-order chi connectivity index (χ1) is 10.3. The summed E-state index contributed by atoms with van der Waals surface area (Å²) in [5.74, 6) is -0.0616. The zero-order valence-corrected chi connectivity index (χ0v) is 11.6. The highest BCUT2D eigenvalue weighted by Crippen LogP contribution is 2.30. The maximum Gasteiger partial charge on any atom is 0.416 e. The fourth-order valence-corrected chi connectivity index (χ4v) is 2.14. The molecule has 0 saturated carbocycles. The molecule has 0 unspecified atom stereocenters. The van der Waals surface area contributed by atoms with E-state index in [0.717, 1.165) is 12.1 Å². The summed E-state index contributed by atoms with van der Waals surface area (Å²) < 4.78 is 42.7. The molecule has 0 fully saturated rings. The Hall–Kier alpha value is -2.34. The van der Waals surface area contributed by atoms with Gasteiger partial charge in [0.2, 0.25) is 5.89 Å². The molecule has 22 heavy (non-hydrogen) atoms. The predicted octanol–water partition coefficient (Wildman–Crippen LogP) is 4.53. The molecule has 0 amide bonds. The minimum absolute atomic E-state index is 0.0616. The second-order valence-corrected chi connectivity index (χ2v) is 4.98. The monoisotopic (exact) mass is 325 g/mol. The summed E-state index contributed by atoms with van der Waals surface area (Å²) in [6, 6.07) is 8.70. The standard InChI is InChI=1S/C15H7ClF3NO2/c16-10-5-6-11-12(7-10)20-13(22-14(11)21)8-1-3-9(4-2-8)15(17,18)19/h1-7H. The van der Waals surface area contributed by atoms with Crippen LogP contribution in [0.15, 0.2) is 51.7 Å². The van der Waals surface area contributed by atoms with Crippen LogP contribution in [0.3, 0.4) is 0 Å². The van der Waals surface area contributed by atoms with E-state index < -0.39 is 17.4 Å². The van der Waals surface area contributed by atoms with Crippen molar-refractivity contribution in [3.05, 3.63) is 63.5 Å². The van der Waals surface area contributed by atoms with E-state index in [2.05, 4.69) is 4.98 Å². The zero-order chi connectivity index (χ0) is 15.9. The number of rotatable bonds is 1. The Labute approximate surface area is 127 Å². The predicted molar refractivity (Wildman–Crippen MR) is 75.7 cm³/mol. The third-order valence-electron chi connectivity index (χ3n) is 3.05. The van der Waals surface area contributed by atoms with E-state index >= 15 is 0 Å². The summed E-state index contributed by atoms with van der Waals surface area (Å²) >= 11 is 5.84. The summed E-state index contributed by atoms with van der Waals surface area (Å²) in [6.07, 6.45) is -4.43. The number of halogens is 4. The Morgan fingerprint density at radius 1 is 1.05 bits per heavy atom. The molecule has 3 nitrogen and oxygen atoms in total. The van der Waals surface area contributed by atoms with Crippen molar-refractivity contribution in [2.24, 2.45) is 0 Å². The van der Waals surface area contributed by atoms with Crippen LogP contribution in [0.2, 0.25) is 5.02 Å². The lowest BCUT2D eigenvalue weighted by Gasteiger charge is -2.07. The third kappa shape index (κ3) is 2.69.